The van der Waals surface area contributed by atoms with Gasteiger partial charge in [0, 0.05) is 70.4 Å². The van der Waals surface area contributed by atoms with Crippen molar-refractivity contribution >= 4 is 41.5 Å². The fraction of sp³-hybridized carbons (Fsp3) is 0.526. The van der Waals surface area contributed by atoms with Gasteiger partial charge in [-0.05, 0) is 54.8 Å². The predicted octanol–water partition coefficient (Wildman–Crippen LogP) is 2.91. The maximum atomic E-state index is 15.8. The van der Waals surface area contributed by atoms with Gasteiger partial charge in [-0.15, -0.1) is 0 Å². The molecule has 3 aromatic rings. The number of ketones is 1. The number of nitrogens with one attached hydrogen (secondary N) is 1. The molecule has 0 unspecified atom stereocenters. The van der Waals surface area contributed by atoms with Crippen molar-refractivity contribution in [2.45, 2.75) is 108 Å². The average Bonchev–Trinajstić information content (AvgIpc) is 3.08. The number of aliphatic hydroxyl groups is 3. The Hall–Kier alpha value is -6.39. The van der Waals surface area contributed by atoms with Crippen LogP contribution in [0.3, 0.4) is 0 Å². The van der Waals surface area contributed by atoms with Gasteiger partial charge in [-0.1, -0.05) is 80.6 Å². The van der Waals surface area contributed by atoms with Gasteiger partial charge < -0.3 is 53.8 Å². The maximum Gasteiger partial charge on any atom is 0.350 e. The lowest BCUT2D eigenvalue weighted by atomic mass is 9.44. The molecule has 5 aliphatic rings. The third kappa shape index (κ3) is 11.2. The molecule has 4 fully saturated rings. The van der Waals surface area contributed by atoms with Gasteiger partial charge in [-0.2, -0.15) is 0 Å². The van der Waals surface area contributed by atoms with Gasteiger partial charge in [0.25, 0.3) is 5.91 Å². The van der Waals surface area contributed by atoms with Crippen molar-refractivity contribution in [3.63, 3.8) is 0 Å². The minimum absolute atomic E-state index is 0.0324. The average molecular weight is 1070 g/mol. The number of rotatable bonds is 18. The van der Waals surface area contributed by atoms with Crippen LogP contribution < -0.4 is 5.32 Å². The van der Waals surface area contributed by atoms with Crippen LogP contribution in [0.25, 0.3) is 0 Å². The molecule has 414 valence electrons. The quantitative estimate of drug-likeness (QED) is 0.0618. The molecule has 3 aliphatic carbocycles. The fourth-order valence-electron chi connectivity index (χ4n) is 12.2. The third-order valence-corrected chi connectivity index (χ3v) is 16.3. The minimum Gasteiger partial charge on any atom is -0.455 e. The monoisotopic (exact) mass is 1070 g/mol. The van der Waals surface area contributed by atoms with Gasteiger partial charge in [0.2, 0.25) is 6.10 Å². The van der Waals surface area contributed by atoms with Gasteiger partial charge in [-0.3, -0.25) is 33.8 Å². The van der Waals surface area contributed by atoms with E-state index in [-0.39, 0.29) is 55.1 Å². The molecule has 11 atom stereocenters. The molecule has 8 rings (SSSR count). The first-order valence-corrected chi connectivity index (χ1v) is 26.0. The summed E-state index contributed by atoms with van der Waals surface area (Å²) in [6.07, 6.45) is -10.7. The number of esters is 5. The number of carbonyl (C=O) groups excluding carboxylic acids is 7. The topological polar surface area (TPSA) is 263 Å². The Morgan fingerprint density at radius 1 is 0.805 bits per heavy atom. The van der Waals surface area contributed by atoms with E-state index in [1.807, 2.05) is 4.90 Å². The van der Waals surface area contributed by atoms with E-state index in [9.17, 15) is 34.2 Å². The van der Waals surface area contributed by atoms with E-state index >= 15 is 9.59 Å². The summed E-state index contributed by atoms with van der Waals surface area (Å²) in [5, 5.41) is 38.3. The minimum atomic E-state index is -2.47. The summed E-state index contributed by atoms with van der Waals surface area (Å²) in [6.45, 7) is 11.0. The highest BCUT2D eigenvalue weighted by Crippen LogP contribution is 2.64. The predicted molar refractivity (Wildman–Crippen MR) is 272 cm³/mol. The summed E-state index contributed by atoms with van der Waals surface area (Å²) in [6, 6.07) is 23.0. The number of nitrogens with zero attached hydrogens (tertiary/aromatic N) is 2. The second-order valence-corrected chi connectivity index (χ2v) is 21.3. The molecule has 2 aliphatic heterocycles. The van der Waals surface area contributed by atoms with Crippen molar-refractivity contribution < 1.29 is 82.0 Å². The molecule has 20 nitrogen and oxygen atoms in total. The summed E-state index contributed by atoms with van der Waals surface area (Å²) in [7, 11) is 0. The maximum absolute atomic E-state index is 15.8. The lowest BCUT2D eigenvalue weighted by Gasteiger charge is -2.67. The van der Waals surface area contributed by atoms with Crippen LogP contribution in [0.4, 0.5) is 0 Å². The van der Waals surface area contributed by atoms with Crippen LogP contribution in [0.5, 0.6) is 0 Å². The first-order valence-electron chi connectivity index (χ1n) is 26.0. The van der Waals surface area contributed by atoms with Crippen molar-refractivity contribution in [1.82, 2.24) is 15.1 Å². The van der Waals surface area contributed by atoms with Crippen LogP contribution in [0, 0.1) is 16.7 Å². The number of ether oxygens (including phenoxy) is 7. The van der Waals surface area contributed by atoms with Gasteiger partial charge in [0.1, 0.15) is 30.0 Å². The molecule has 2 heterocycles. The van der Waals surface area contributed by atoms with Crippen LogP contribution in [0.1, 0.15) is 86.7 Å². The van der Waals surface area contributed by atoms with E-state index in [1.54, 1.807) is 92.7 Å². The van der Waals surface area contributed by atoms with Crippen molar-refractivity contribution in [1.29, 1.82) is 0 Å². The second kappa shape index (κ2) is 23.3. The highest BCUT2D eigenvalue weighted by atomic mass is 16.6. The smallest absolute Gasteiger partial charge is 0.350 e. The number of hydrogen-bond acceptors (Lipinski definition) is 19. The lowest BCUT2D eigenvalue weighted by molar-refractivity contribution is -0.346. The fourth-order valence-corrected chi connectivity index (χ4v) is 12.2. The largest absolute Gasteiger partial charge is 0.455 e. The van der Waals surface area contributed by atoms with Crippen LogP contribution in [0.2, 0.25) is 0 Å². The standard InChI is InChI=1S/C57H69N3O17/c1-34-40(74-53(69)47(75-43(65)32-60-24-22-59(23-25-60)26-28-71-29-27-61)45(37-16-10-7-11-17-37)58-51(67)38-18-12-8-13-19-38)31-57(70)50(76-52(68)39-20-14-9-15-21-39)48-55(6,41(64)30-42-56(48,33-72-42)77-36(3)63)49(66)46(73-35(2)62)44(34)54(57,4)5/h7-21,40-42,45-48,50,61,64,70H,22-33H2,1-6H3,(H,58,67)/t40-,41-,42+,45-,46+,47+,48-,50-,55+,56-,57+/m0/s1. The van der Waals surface area contributed by atoms with E-state index < -0.39 is 119 Å². The summed E-state index contributed by atoms with van der Waals surface area (Å²) in [5.74, 6) is -7.80. The Balaban J connectivity index is 1.23. The van der Waals surface area contributed by atoms with Gasteiger partial charge in [-0.25, -0.2) is 9.59 Å². The molecule has 20 heteroatoms. The molecule has 3 aromatic carbocycles. The number of fused-ring (bicyclic) bond motifs is 5. The molecule has 0 spiro atoms. The second-order valence-electron chi connectivity index (χ2n) is 21.3. The van der Waals surface area contributed by atoms with E-state index in [0.717, 1.165) is 13.8 Å². The Kier molecular flexibility index (Phi) is 17.2. The van der Waals surface area contributed by atoms with Crippen LogP contribution in [-0.2, 0) is 57.1 Å². The summed E-state index contributed by atoms with van der Waals surface area (Å²) < 4.78 is 42.7. The molecular formula is C57H69N3O17. The van der Waals surface area contributed by atoms with E-state index in [2.05, 4.69) is 10.2 Å². The van der Waals surface area contributed by atoms with E-state index in [1.165, 1.54) is 26.0 Å². The molecule has 1 amide bonds. The molecule has 0 radical (unpaired) electrons. The number of hydrogen-bond donors (Lipinski definition) is 4. The number of aliphatic hydroxyl groups excluding tert-OH is 2. The zero-order valence-electron chi connectivity index (χ0n) is 44.2. The Bertz CT molecular complexity index is 2700. The number of piperazine rings is 1. The SMILES string of the molecule is CC(=O)O[C@H]1C(=O)[C@@]2(C)[C@H]([C@H](OC(=O)c3ccccc3)[C@]3(O)C[C@H](OC(=O)[C@H](OC(=O)CN4CCN(CCOCCO)CC4)[C@@H](NC(=O)c4ccccc4)c4ccccc4)C(C)=C1C3(C)C)[C@]1(OC(C)=O)CO[C@@H]1C[C@@H]2O. The van der Waals surface area contributed by atoms with Crippen molar-refractivity contribution in [2.24, 2.45) is 16.7 Å². The molecule has 77 heavy (non-hydrogen) atoms. The first-order chi connectivity index (χ1) is 36.7. The molecule has 2 bridgehead atoms. The Morgan fingerprint density at radius 2 is 1.42 bits per heavy atom. The zero-order chi connectivity index (χ0) is 55.5. The number of benzene rings is 3. The lowest BCUT2D eigenvalue weighted by Crippen LogP contribution is -2.82. The normalized spacial score (nSPS) is 29.6. The van der Waals surface area contributed by atoms with Gasteiger partial charge in [0.05, 0.1) is 56.0 Å². The zero-order valence-corrected chi connectivity index (χ0v) is 44.2. The van der Waals surface area contributed by atoms with Crippen LogP contribution >= 0.6 is 0 Å². The Morgan fingerprint density at radius 3 is 2.00 bits per heavy atom. The summed E-state index contributed by atoms with van der Waals surface area (Å²) in [5.41, 5.74) is -7.38. The van der Waals surface area contributed by atoms with E-state index in [0.29, 0.717) is 44.9 Å². The Labute approximate surface area is 446 Å². The van der Waals surface area contributed by atoms with Crippen LogP contribution in [0.15, 0.2) is 102 Å². The highest BCUT2D eigenvalue weighted by Gasteiger charge is 2.78. The number of Topliss-reactive ketones (excluding diaryl/α,β-unsaturated/α-hetero) is 1. The third-order valence-electron chi connectivity index (χ3n) is 16.3. The highest BCUT2D eigenvalue weighted by molar-refractivity contribution is 5.96. The molecule has 2 saturated heterocycles. The molecule has 0 aromatic heterocycles. The van der Waals surface area contributed by atoms with Gasteiger partial charge >= 0.3 is 29.8 Å². The molecule has 2 saturated carbocycles. The summed E-state index contributed by atoms with van der Waals surface area (Å²) in [4.78, 5) is 105. The van der Waals surface area contributed by atoms with E-state index in [4.69, 9.17) is 38.3 Å². The summed E-state index contributed by atoms with van der Waals surface area (Å²) >= 11 is 0. The van der Waals surface area contributed by atoms with Crippen molar-refractivity contribution in [3.8, 4) is 0 Å². The van der Waals surface area contributed by atoms with Crippen molar-refractivity contribution in [2.75, 3.05) is 65.7 Å². The molecular weight excluding hydrogens is 999 g/mol. The van der Waals surface area contributed by atoms with Gasteiger partial charge in [0.15, 0.2) is 17.5 Å². The number of amides is 1. The first kappa shape index (κ1) is 56.8. The van der Waals surface area contributed by atoms with Crippen LogP contribution in [-0.4, -0.2) is 180 Å². The van der Waals surface area contributed by atoms with Crippen molar-refractivity contribution in [3.05, 3.63) is 119 Å². The number of carbonyl (C=O) groups is 7. The molecule has 4 N–H and O–H groups in total.